The Bertz CT molecular complexity index is 591. The van der Waals surface area contributed by atoms with Gasteiger partial charge >= 0.3 is 0 Å². The molecule has 1 aromatic carbocycles. The van der Waals surface area contributed by atoms with E-state index in [1.54, 1.807) is 0 Å². The van der Waals surface area contributed by atoms with Gasteiger partial charge in [0.05, 0.1) is 5.52 Å². The number of benzene rings is 1. The molecular formula is C16H20ClN3. The first-order valence-corrected chi connectivity index (χ1v) is 7.83. The van der Waals surface area contributed by atoms with Crippen LogP contribution in [0.4, 0.5) is 5.82 Å². The first-order chi connectivity index (χ1) is 9.78. The number of aromatic nitrogens is 2. The van der Waals surface area contributed by atoms with Crippen molar-refractivity contribution in [3.63, 3.8) is 0 Å². The van der Waals surface area contributed by atoms with Gasteiger partial charge in [-0.05, 0) is 42.5 Å². The topological polar surface area (TPSA) is 29.0 Å². The largest absolute Gasteiger partial charge is 0.356 e. The summed E-state index contributed by atoms with van der Waals surface area (Å²) in [6.07, 6.45) is 5.14. The fraction of sp³-hybridized carbons (Fsp3) is 0.500. The maximum absolute atomic E-state index is 6.07. The van der Waals surface area contributed by atoms with Crippen LogP contribution in [0.3, 0.4) is 0 Å². The van der Waals surface area contributed by atoms with Gasteiger partial charge in [-0.25, -0.2) is 4.98 Å². The van der Waals surface area contributed by atoms with Crippen LogP contribution in [-0.2, 0) is 0 Å². The molecule has 0 radical (unpaired) electrons. The molecule has 1 aliphatic rings. The summed E-state index contributed by atoms with van der Waals surface area (Å²) in [5.74, 6) is 1.87. The third-order valence-corrected chi connectivity index (χ3v) is 4.34. The fourth-order valence-electron chi connectivity index (χ4n) is 3.11. The number of fused-ring (bicyclic) bond motifs is 1. The van der Waals surface area contributed by atoms with Crippen LogP contribution in [0.2, 0.25) is 5.28 Å². The lowest BCUT2D eigenvalue weighted by Crippen LogP contribution is -2.34. The summed E-state index contributed by atoms with van der Waals surface area (Å²) in [6.45, 7) is 4.41. The van der Waals surface area contributed by atoms with E-state index in [-0.39, 0.29) is 0 Å². The minimum atomic E-state index is 0.342. The Morgan fingerprint density at radius 2 is 1.95 bits per heavy atom. The van der Waals surface area contributed by atoms with Crippen LogP contribution < -0.4 is 4.90 Å². The average molecular weight is 290 g/mol. The second-order valence-corrected chi connectivity index (χ2v) is 5.89. The summed E-state index contributed by atoms with van der Waals surface area (Å²) in [4.78, 5) is 11.1. The van der Waals surface area contributed by atoms with Crippen molar-refractivity contribution < 1.29 is 0 Å². The molecule has 3 rings (SSSR count). The van der Waals surface area contributed by atoms with Gasteiger partial charge in [0, 0.05) is 18.5 Å². The number of nitrogens with zero attached hydrogens (tertiary/aromatic N) is 3. The molecule has 4 heteroatoms. The molecule has 0 unspecified atom stereocenters. The van der Waals surface area contributed by atoms with E-state index < -0.39 is 0 Å². The summed E-state index contributed by atoms with van der Waals surface area (Å²) >= 11 is 6.07. The Morgan fingerprint density at radius 3 is 2.70 bits per heavy atom. The van der Waals surface area contributed by atoms with Gasteiger partial charge in [0.25, 0.3) is 0 Å². The molecule has 1 aliphatic heterocycles. The molecule has 0 saturated carbocycles. The standard InChI is InChI=1S/C16H20ClN3/c1-2-5-12-8-10-20(11-9-12)15-13-6-3-4-7-14(13)18-16(17)19-15/h3-4,6-7,12H,2,5,8-11H2,1H3. The Labute approximate surface area is 125 Å². The van der Waals surface area contributed by atoms with E-state index in [9.17, 15) is 0 Å². The third-order valence-electron chi connectivity index (χ3n) is 4.17. The fourth-order valence-corrected chi connectivity index (χ4v) is 3.29. The molecule has 3 nitrogen and oxygen atoms in total. The average Bonchev–Trinajstić information content (AvgIpc) is 2.47. The Hall–Kier alpha value is -1.35. The molecule has 0 N–H and O–H groups in total. The molecule has 0 aliphatic carbocycles. The molecular weight excluding hydrogens is 270 g/mol. The lowest BCUT2D eigenvalue weighted by molar-refractivity contribution is 0.377. The summed E-state index contributed by atoms with van der Waals surface area (Å²) in [6, 6.07) is 8.10. The number of rotatable bonds is 3. The Morgan fingerprint density at radius 1 is 1.20 bits per heavy atom. The summed E-state index contributed by atoms with van der Waals surface area (Å²) < 4.78 is 0. The predicted octanol–water partition coefficient (Wildman–Crippen LogP) is 4.30. The number of piperidine rings is 1. The van der Waals surface area contributed by atoms with Gasteiger partial charge in [-0.3, -0.25) is 0 Å². The van der Waals surface area contributed by atoms with Crippen LogP contribution in [0, 0.1) is 5.92 Å². The van der Waals surface area contributed by atoms with Crippen LogP contribution >= 0.6 is 11.6 Å². The molecule has 0 atom stereocenters. The Balaban J connectivity index is 1.87. The van der Waals surface area contributed by atoms with E-state index in [1.165, 1.54) is 25.7 Å². The SMILES string of the molecule is CCCC1CCN(c2nc(Cl)nc3ccccc23)CC1. The number of para-hydroxylation sites is 1. The van der Waals surface area contributed by atoms with E-state index in [4.69, 9.17) is 11.6 Å². The van der Waals surface area contributed by atoms with Gasteiger partial charge in [0.15, 0.2) is 0 Å². The second kappa shape index (κ2) is 5.96. The lowest BCUT2D eigenvalue weighted by Gasteiger charge is -2.33. The van der Waals surface area contributed by atoms with Crippen molar-refractivity contribution in [3.8, 4) is 0 Å². The minimum Gasteiger partial charge on any atom is -0.356 e. The number of hydrogen-bond acceptors (Lipinski definition) is 3. The highest BCUT2D eigenvalue weighted by atomic mass is 35.5. The highest BCUT2D eigenvalue weighted by Gasteiger charge is 2.21. The lowest BCUT2D eigenvalue weighted by atomic mass is 9.92. The molecule has 2 aromatic rings. The Kier molecular flexibility index (Phi) is 4.06. The molecule has 1 aromatic heterocycles. The maximum Gasteiger partial charge on any atom is 0.224 e. The number of anilines is 1. The summed E-state index contributed by atoms with van der Waals surface area (Å²) in [5.41, 5.74) is 0.929. The molecule has 2 heterocycles. The van der Waals surface area contributed by atoms with Crippen molar-refractivity contribution in [3.05, 3.63) is 29.5 Å². The van der Waals surface area contributed by atoms with Crippen molar-refractivity contribution in [2.45, 2.75) is 32.6 Å². The molecule has 0 spiro atoms. The zero-order valence-corrected chi connectivity index (χ0v) is 12.6. The maximum atomic E-state index is 6.07. The smallest absolute Gasteiger partial charge is 0.224 e. The van der Waals surface area contributed by atoms with Gasteiger partial charge in [-0.15, -0.1) is 0 Å². The summed E-state index contributed by atoms with van der Waals surface area (Å²) in [5, 5.41) is 1.44. The quantitative estimate of drug-likeness (QED) is 0.789. The molecule has 0 bridgehead atoms. The van der Waals surface area contributed by atoms with Gasteiger partial charge in [0.2, 0.25) is 5.28 Å². The third kappa shape index (κ3) is 2.73. The van der Waals surface area contributed by atoms with E-state index >= 15 is 0 Å². The van der Waals surface area contributed by atoms with Crippen LogP contribution in [0.5, 0.6) is 0 Å². The van der Waals surface area contributed by atoms with Crippen molar-refractivity contribution in [1.82, 2.24) is 9.97 Å². The van der Waals surface area contributed by atoms with Crippen molar-refractivity contribution in [1.29, 1.82) is 0 Å². The second-order valence-electron chi connectivity index (χ2n) is 5.55. The highest BCUT2D eigenvalue weighted by Crippen LogP contribution is 2.30. The minimum absolute atomic E-state index is 0.342. The zero-order chi connectivity index (χ0) is 13.9. The van der Waals surface area contributed by atoms with Crippen LogP contribution in [0.1, 0.15) is 32.6 Å². The van der Waals surface area contributed by atoms with Gasteiger partial charge in [-0.2, -0.15) is 4.98 Å². The van der Waals surface area contributed by atoms with Crippen LogP contribution in [0.25, 0.3) is 10.9 Å². The normalized spacial score (nSPS) is 16.8. The van der Waals surface area contributed by atoms with E-state index in [0.717, 1.165) is 35.7 Å². The highest BCUT2D eigenvalue weighted by molar-refractivity contribution is 6.28. The molecule has 20 heavy (non-hydrogen) atoms. The monoisotopic (exact) mass is 289 g/mol. The van der Waals surface area contributed by atoms with Crippen molar-refractivity contribution in [2.75, 3.05) is 18.0 Å². The van der Waals surface area contributed by atoms with Crippen molar-refractivity contribution >= 4 is 28.3 Å². The van der Waals surface area contributed by atoms with Gasteiger partial charge in [-0.1, -0.05) is 31.9 Å². The van der Waals surface area contributed by atoms with Crippen LogP contribution in [-0.4, -0.2) is 23.1 Å². The zero-order valence-electron chi connectivity index (χ0n) is 11.8. The molecule has 0 amide bonds. The van der Waals surface area contributed by atoms with E-state index in [2.05, 4.69) is 27.9 Å². The van der Waals surface area contributed by atoms with Crippen molar-refractivity contribution in [2.24, 2.45) is 5.92 Å². The molecule has 106 valence electrons. The van der Waals surface area contributed by atoms with Gasteiger partial charge in [0.1, 0.15) is 5.82 Å². The van der Waals surface area contributed by atoms with Crippen LogP contribution in [0.15, 0.2) is 24.3 Å². The first kappa shape index (κ1) is 13.6. The molecule has 1 fully saturated rings. The predicted molar refractivity (Wildman–Crippen MR) is 84.4 cm³/mol. The molecule has 1 saturated heterocycles. The van der Waals surface area contributed by atoms with Gasteiger partial charge < -0.3 is 4.90 Å². The van der Waals surface area contributed by atoms with E-state index in [0.29, 0.717) is 5.28 Å². The number of hydrogen-bond donors (Lipinski definition) is 0. The number of halogens is 1. The summed E-state index contributed by atoms with van der Waals surface area (Å²) in [7, 11) is 0. The van der Waals surface area contributed by atoms with E-state index in [1.807, 2.05) is 18.2 Å². The first-order valence-electron chi connectivity index (χ1n) is 7.45.